The van der Waals surface area contributed by atoms with Crippen molar-refractivity contribution < 1.29 is 9.84 Å². The van der Waals surface area contributed by atoms with Crippen LogP contribution >= 0.6 is 12.4 Å². The second kappa shape index (κ2) is 10.3. The van der Waals surface area contributed by atoms with Gasteiger partial charge in [0.2, 0.25) is 0 Å². The molecule has 0 unspecified atom stereocenters. The Morgan fingerprint density at radius 2 is 1.77 bits per heavy atom. The van der Waals surface area contributed by atoms with E-state index in [2.05, 4.69) is 17.0 Å². The normalized spacial score (nSPS) is 14.5. The summed E-state index contributed by atoms with van der Waals surface area (Å²) in [5.41, 5.74) is 8.78. The first-order chi connectivity index (χ1) is 12.3. The standard InChI is InChI=1S/C21H28N2O2.ClH/c22-18-6-4-5-17(15-18)16-25-21-11-9-20(10-12-21)23(13-14-24)19-7-2-1-3-8-19;/h4-6,9-12,15,19,24H,1-3,7-8,13-14,16,22H2;1H. The molecule has 0 radical (unpaired) electrons. The smallest absolute Gasteiger partial charge is 0.119 e. The SMILES string of the molecule is Cl.Nc1cccc(COc2ccc(N(CCO)C3CCCCC3)cc2)c1. The van der Waals surface area contributed by atoms with Gasteiger partial charge in [-0.1, -0.05) is 31.4 Å². The second-order valence-corrected chi connectivity index (χ2v) is 6.74. The monoisotopic (exact) mass is 376 g/mol. The van der Waals surface area contributed by atoms with E-state index in [9.17, 15) is 5.11 Å². The highest BCUT2D eigenvalue weighted by Crippen LogP contribution is 2.28. The van der Waals surface area contributed by atoms with Gasteiger partial charge >= 0.3 is 0 Å². The van der Waals surface area contributed by atoms with E-state index in [1.807, 2.05) is 36.4 Å². The molecular formula is C21H29ClN2O2. The van der Waals surface area contributed by atoms with Crippen molar-refractivity contribution >= 4 is 23.8 Å². The third-order valence-corrected chi connectivity index (χ3v) is 4.88. The van der Waals surface area contributed by atoms with E-state index in [0.29, 0.717) is 19.2 Å². The van der Waals surface area contributed by atoms with Gasteiger partial charge in [-0.3, -0.25) is 0 Å². The number of nitrogens with zero attached hydrogens (tertiary/aromatic N) is 1. The van der Waals surface area contributed by atoms with Crippen LogP contribution in [0.5, 0.6) is 5.75 Å². The van der Waals surface area contributed by atoms with Gasteiger partial charge in [-0.05, 0) is 54.8 Å². The minimum Gasteiger partial charge on any atom is -0.489 e. The molecule has 0 saturated heterocycles. The van der Waals surface area contributed by atoms with Crippen LogP contribution in [0.15, 0.2) is 48.5 Å². The third kappa shape index (κ3) is 5.55. The fourth-order valence-corrected chi connectivity index (χ4v) is 3.61. The molecule has 3 rings (SSSR count). The molecule has 5 heteroatoms. The predicted octanol–water partition coefficient (Wildman–Crippen LogP) is 4.40. The zero-order valence-corrected chi connectivity index (χ0v) is 16.0. The molecule has 0 aliphatic heterocycles. The zero-order valence-electron chi connectivity index (χ0n) is 15.1. The maximum absolute atomic E-state index is 9.44. The minimum atomic E-state index is 0. The Morgan fingerprint density at radius 3 is 2.42 bits per heavy atom. The molecule has 0 heterocycles. The summed E-state index contributed by atoms with van der Waals surface area (Å²) in [5.74, 6) is 0.846. The van der Waals surface area contributed by atoms with Gasteiger partial charge in [0, 0.05) is 24.0 Å². The summed E-state index contributed by atoms with van der Waals surface area (Å²) < 4.78 is 5.86. The minimum absolute atomic E-state index is 0. The number of aliphatic hydroxyl groups excluding tert-OH is 1. The lowest BCUT2D eigenvalue weighted by molar-refractivity contribution is 0.290. The first-order valence-corrected chi connectivity index (χ1v) is 9.21. The van der Waals surface area contributed by atoms with Crippen molar-refractivity contribution in [2.75, 3.05) is 23.8 Å². The number of rotatable bonds is 7. The summed E-state index contributed by atoms with van der Waals surface area (Å²) in [6.07, 6.45) is 6.34. The summed E-state index contributed by atoms with van der Waals surface area (Å²) in [6.45, 7) is 1.38. The molecule has 1 aliphatic carbocycles. The topological polar surface area (TPSA) is 58.7 Å². The quantitative estimate of drug-likeness (QED) is 0.703. The molecular weight excluding hydrogens is 348 g/mol. The molecule has 1 saturated carbocycles. The molecule has 1 fully saturated rings. The van der Waals surface area contributed by atoms with E-state index >= 15 is 0 Å². The molecule has 0 bridgehead atoms. The van der Waals surface area contributed by atoms with E-state index < -0.39 is 0 Å². The van der Waals surface area contributed by atoms with E-state index in [1.54, 1.807) is 0 Å². The van der Waals surface area contributed by atoms with Crippen molar-refractivity contribution in [2.24, 2.45) is 0 Å². The summed E-state index contributed by atoms with van der Waals surface area (Å²) in [7, 11) is 0. The van der Waals surface area contributed by atoms with Gasteiger partial charge in [-0.2, -0.15) is 0 Å². The Labute approximate surface area is 162 Å². The van der Waals surface area contributed by atoms with Crippen LogP contribution in [0.2, 0.25) is 0 Å². The van der Waals surface area contributed by atoms with Crippen LogP contribution in [-0.4, -0.2) is 24.3 Å². The maximum atomic E-state index is 9.44. The molecule has 142 valence electrons. The predicted molar refractivity (Wildman–Crippen MR) is 110 cm³/mol. The fraction of sp³-hybridized carbons (Fsp3) is 0.429. The van der Waals surface area contributed by atoms with Gasteiger partial charge in [0.25, 0.3) is 0 Å². The Hall–Kier alpha value is -1.91. The highest BCUT2D eigenvalue weighted by molar-refractivity contribution is 5.85. The van der Waals surface area contributed by atoms with Crippen LogP contribution in [0.1, 0.15) is 37.7 Å². The van der Waals surface area contributed by atoms with Gasteiger partial charge in [-0.15, -0.1) is 12.4 Å². The van der Waals surface area contributed by atoms with E-state index in [4.69, 9.17) is 10.5 Å². The van der Waals surface area contributed by atoms with Gasteiger partial charge in [0.05, 0.1) is 6.61 Å². The summed E-state index contributed by atoms with van der Waals surface area (Å²) in [4.78, 5) is 2.35. The molecule has 0 amide bonds. The van der Waals surface area contributed by atoms with Gasteiger partial charge in [-0.25, -0.2) is 0 Å². The van der Waals surface area contributed by atoms with Gasteiger partial charge < -0.3 is 20.5 Å². The van der Waals surface area contributed by atoms with Crippen LogP contribution in [0.25, 0.3) is 0 Å². The van der Waals surface area contributed by atoms with Crippen molar-refractivity contribution in [1.29, 1.82) is 0 Å². The first kappa shape index (κ1) is 20.4. The molecule has 2 aromatic carbocycles. The average Bonchev–Trinajstić information content (AvgIpc) is 2.66. The van der Waals surface area contributed by atoms with Crippen molar-refractivity contribution in [3.8, 4) is 5.75 Å². The largest absolute Gasteiger partial charge is 0.489 e. The third-order valence-electron chi connectivity index (χ3n) is 4.88. The number of halogens is 1. The Kier molecular flexibility index (Phi) is 8.07. The number of aliphatic hydroxyl groups is 1. The number of benzene rings is 2. The van der Waals surface area contributed by atoms with Crippen LogP contribution in [0.4, 0.5) is 11.4 Å². The number of hydrogen-bond donors (Lipinski definition) is 2. The van der Waals surface area contributed by atoms with Crippen molar-refractivity contribution in [1.82, 2.24) is 0 Å². The van der Waals surface area contributed by atoms with E-state index in [1.165, 1.54) is 32.1 Å². The number of nitrogen functional groups attached to an aromatic ring is 1. The molecule has 1 aliphatic rings. The molecule has 0 spiro atoms. The fourth-order valence-electron chi connectivity index (χ4n) is 3.61. The average molecular weight is 377 g/mol. The number of hydrogen-bond acceptors (Lipinski definition) is 4. The van der Waals surface area contributed by atoms with Crippen LogP contribution < -0.4 is 15.4 Å². The van der Waals surface area contributed by atoms with Crippen molar-refractivity contribution in [3.63, 3.8) is 0 Å². The highest BCUT2D eigenvalue weighted by Gasteiger charge is 2.21. The lowest BCUT2D eigenvalue weighted by atomic mass is 9.94. The molecule has 2 aromatic rings. The zero-order chi connectivity index (χ0) is 17.5. The maximum Gasteiger partial charge on any atom is 0.119 e. The van der Waals surface area contributed by atoms with Gasteiger partial charge in [0.1, 0.15) is 12.4 Å². The Bertz CT molecular complexity index is 657. The highest BCUT2D eigenvalue weighted by atomic mass is 35.5. The van der Waals surface area contributed by atoms with Crippen LogP contribution in [0.3, 0.4) is 0 Å². The van der Waals surface area contributed by atoms with E-state index in [-0.39, 0.29) is 19.0 Å². The summed E-state index contributed by atoms with van der Waals surface area (Å²) in [5, 5.41) is 9.44. The van der Waals surface area contributed by atoms with Crippen LogP contribution in [-0.2, 0) is 6.61 Å². The van der Waals surface area contributed by atoms with Crippen molar-refractivity contribution in [2.45, 2.75) is 44.8 Å². The number of anilines is 2. The molecule has 3 N–H and O–H groups in total. The molecule has 26 heavy (non-hydrogen) atoms. The Morgan fingerprint density at radius 1 is 1.04 bits per heavy atom. The van der Waals surface area contributed by atoms with Crippen LogP contribution in [0, 0.1) is 0 Å². The number of nitrogens with two attached hydrogens (primary N) is 1. The van der Waals surface area contributed by atoms with Gasteiger partial charge in [0.15, 0.2) is 0 Å². The lowest BCUT2D eigenvalue weighted by Crippen LogP contribution is -2.38. The molecule has 0 atom stereocenters. The first-order valence-electron chi connectivity index (χ1n) is 9.21. The van der Waals surface area contributed by atoms with E-state index in [0.717, 1.165) is 22.7 Å². The second-order valence-electron chi connectivity index (χ2n) is 6.74. The summed E-state index contributed by atoms with van der Waals surface area (Å²) in [6, 6.07) is 16.5. The lowest BCUT2D eigenvalue weighted by Gasteiger charge is -2.36. The summed E-state index contributed by atoms with van der Waals surface area (Å²) >= 11 is 0. The number of ether oxygens (including phenoxy) is 1. The Balaban J connectivity index is 0.00000243. The van der Waals surface area contributed by atoms with Crippen molar-refractivity contribution in [3.05, 3.63) is 54.1 Å². The molecule has 0 aromatic heterocycles. The molecule has 4 nitrogen and oxygen atoms in total.